The van der Waals surface area contributed by atoms with Crippen LogP contribution in [-0.2, 0) is 64.0 Å². The van der Waals surface area contributed by atoms with E-state index in [1.54, 1.807) is 14.0 Å². The van der Waals surface area contributed by atoms with Crippen molar-refractivity contribution < 1.29 is 103 Å². The van der Waals surface area contributed by atoms with Crippen molar-refractivity contribution in [2.24, 2.45) is 11.7 Å². The van der Waals surface area contributed by atoms with Crippen LogP contribution in [0.1, 0.15) is 104 Å². The lowest BCUT2D eigenvalue weighted by Gasteiger charge is -2.14. The molecule has 442 valence electrons. The van der Waals surface area contributed by atoms with Gasteiger partial charge >= 0.3 is 59.9 Å². The lowest BCUT2D eigenvalue weighted by Crippen LogP contribution is -2.32. The maximum absolute atomic E-state index is 11.5. The zero-order chi connectivity index (χ0) is 60.5. The number of Topliss-reactive ketones (excluding diaryl/α,β-unsaturated/α-hetero) is 1. The standard InChI is InChI=1S/C14H16O4.C8H13NO4.C7H11NO4.C5H9NO2.C5H10O.C4H9NO2.2C4H8O2.H2S/c1-2-6-12(14(16)17)9-13(15)18-10-11-7-4-3-5-8-11;1-3-6-13-8(12)9(2)5-4-7(10)11;1-3-4-12-7(11)8(2)5-6(9)10;1-2-3-4(6)5(7)8;1-3-4-5(2)6;1-5-3-2-4(6)7;2*1-2-3-4(5)6;/h2-5,7-8,12H,1,6,9-10H2,(H,16,17);3H,1,4-6H2,2H3,(H,10,11);3H,1,4-5H2,2H3,(H,9,10);2,4H,1,3,6H2,(H,7,8);3-4H2,1-2H3;5H,2-3H2,1H3,(H,6,7);2*2-3H2,1H3,(H,5,6);1H2/t12-;;;4-;;;;;/m1..0...../s1. The molecule has 1 aromatic carbocycles. The Balaban J connectivity index is -0.000000122. The predicted molar refractivity (Wildman–Crippen MR) is 293 cm³/mol. The van der Waals surface area contributed by atoms with Crippen LogP contribution in [0.2, 0.25) is 0 Å². The Hall–Kier alpha value is -7.58. The number of hydrogen-bond donors (Lipinski definition) is 9. The van der Waals surface area contributed by atoms with Gasteiger partial charge in [0.1, 0.15) is 38.2 Å². The molecule has 0 saturated heterocycles. The molecule has 0 spiro atoms. The minimum Gasteiger partial charge on any atom is -0.481 e. The number of esters is 1. The number of ether oxygens (including phenoxy) is 3. The van der Waals surface area contributed by atoms with Crippen molar-refractivity contribution in [2.45, 2.75) is 111 Å². The average molecular weight is 1120 g/mol. The van der Waals surface area contributed by atoms with E-state index in [1.165, 1.54) is 43.3 Å². The number of amides is 2. The van der Waals surface area contributed by atoms with E-state index in [0.717, 1.165) is 36.1 Å². The highest BCUT2D eigenvalue weighted by Gasteiger charge is 2.20. The fourth-order valence-corrected chi connectivity index (χ4v) is 3.87. The SMILES string of the molecule is C=CCOC(=O)N(C)CC(=O)O.C=CCOC(=O)N(C)CCC(=O)O.C=CC[C@H](CC(=O)OCc1ccccc1)C(=O)O.C=CC[C@H](N)C(=O)O.CCCC(=O)O.CCCC(=O)O.CCCC(C)=O.CNCCC(=O)O.S. The summed E-state index contributed by atoms with van der Waals surface area (Å²) >= 11 is 0. The number of benzene rings is 1. The molecule has 2 atom stereocenters. The first kappa shape index (κ1) is 86.1. The van der Waals surface area contributed by atoms with Crippen LogP contribution in [0.4, 0.5) is 9.59 Å². The Morgan fingerprint density at radius 1 is 0.597 bits per heavy atom. The Morgan fingerprint density at radius 2 is 1.03 bits per heavy atom. The number of nitrogens with one attached hydrogen (secondary N) is 1. The van der Waals surface area contributed by atoms with E-state index in [9.17, 15) is 52.7 Å². The predicted octanol–water partition coefficient (Wildman–Crippen LogP) is 6.32. The monoisotopic (exact) mass is 1120 g/mol. The molecular weight excluding hydrogens is 1040 g/mol. The molecule has 26 heteroatoms. The van der Waals surface area contributed by atoms with E-state index in [1.807, 2.05) is 51.1 Å². The van der Waals surface area contributed by atoms with Crippen molar-refractivity contribution in [3.63, 3.8) is 0 Å². The van der Waals surface area contributed by atoms with Crippen LogP contribution in [0.3, 0.4) is 0 Å². The Bertz CT molecular complexity index is 1800. The molecule has 25 nitrogen and oxygen atoms in total. The quantitative estimate of drug-likeness (QED) is 0.0251. The van der Waals surface area contributed by atoms with Gasteiger partial charge in [0.25, 0.3) is 0 Å². The summed E-state index contributed by atoms with van der Waals surface area (Å²) in [5, 5.41) is 60.2. The summed E-state index contributed by atoms with van der Waals surface area (Å²) in [6.45, 7) is 21.5. The van der Waals surface area contributed by atoms with Gasteiger partial charge in [-0.1, -0.05) is 88.6 Å². The highest BCUT2D eigenvalue weighted by atomic mass is 32.1. The average Bonchev–Trinajstić information content (AvgIpc) is 3.34. The highest BCUT2D eigenvalue weighted by Crippen LogP contribution is 2.12. The third-order valence-corrected chi connectivity index (χ3v) is 7.62. The van der Waals surface area contributed by atoms with E-state index < -0.39 is 71.9 Å². The fraction of sp³-hybridized carbons (Fsp3) is 0.510. The van der Waals surface area contributed by atoms with Crippen LogP contribution >= 0.6 is 13.5 Å². The van der Waals surface area contributed by atoms with E-state index in [4.69, 9.17) is 46.2 Å². The van der Waals surface area contributed by atoms with Gasteiger partial charge in [0, 0.05) is 46.4 Å². The summed E-state index contributed by atoms with van der Waals surface area (Å²) in [5.74, 6) is -7.16. The smallest absolute Gasteiger partial charge is 0.410 e. The minimum atomic E-state index is -1.08. The lowest BCUT2D eigenvalue weighted by atomic mass is 10.0. The topological polar surface area (TPSA) is 402 Å². The van der Waals surface area contributed by atoms with Crippen molar-refractivity contribution in [1.29, 1.82) is 0 Å². The summed E-state index contributed by atoms with van der Waals surface area (Å²) in [4.78, 5) is 115. The largest absolute Gasteiger partial charge is 0.481 e. The Labute approximate surface area is 458 Å². The van der Waals surface area contributed by atoms with E-state index in [0.29, 0.717) is 25.8 Å². The van der Waals surface area contributed by atoms with E-state index >= 15 is 0 Å². The van der Waals surface area contributed by atoms with Gasteiger partial charge in [-0.05, 0) is 51.6 Å². The second-order valence-corrected chi connectivity index (χ2v) is 14.9. The van der Waals surface area contributed by atoms with Crippen LogP contribution < -0.4 is 11.1 Å². The third-order valence-electron chi connectivity index (χ3n) is 7.62. The van der Waals surface area contributed by atoms with Crippen molar-refractivity contribution in [1.82, 2.24) is 15.1 Å². The number of carboxylic acid groups (broad SMARTS) is 7. The van der Waals surface area contributed by atoms with Crippen LogP contribution in [0.15, 0.2) is 81.0 Å². The van der Waals surface area contributed by atoms with Crippen LogP contribution in [-0.4, -0.2) is 171 Å². The first-order valence-corrected chi connectivity index (χ1v) is 23.4. The zero-order valence-electron chi connectivity index (χ0n) is 45.5. The molecule has 0 bridgehead atoms. The number of nitrogens with zero attached hydrogens (tertiary/aromatic N) is 2. The third kappa shape index (κ3) is 80.0. The summed E-state index contributed by atoms with van der Waals surface area (Å²) in [6.07, 6.45) is 8.96. The molecule has 0 aromatic heterocycles. The Kier molecular flexibility index (Phi) is 70.2. The molecular formula is C51H86N4O21S. The zero-order valence-corrected chi connectivity index (χ0v) is 46.5. The van der Waals surface area contributed by atoms with Gasteiger partial charge in [-0.15, -0.1) is 13.2 Å². The van der Waals surface area contributed by atoms with Crippen molar-refractivity contribution >= 4 is 79.2 Å². The molecule has 2 amide bonds. The summed E-state index contributed by atoms with van der Waals surface area (Å²) < 4.78 is 14.2. The number of hydrogen-bond acceptors (Lipinski definition) is 16. The van der Waals surface area contributed by atoms with Gasteiger partial charge < -0.3 is 75.6 Å². The molecule has 0 saturated carbocycles. The van der Waals surface area contributed by atoms with Crippen LogP contribution in [0.5, 0.6) is 0 Å². The number of carbonyl (C=O) groups is 11. The van der Waals surface area contributed by atoms with Crippen molar-refractivity contribution in [3.8, 4) is 0 Å². The molecule has 1 aromatic rings. The summed E-state index contributed by atoms with van der Waals surface area (Å²) in [5.41, 5.74) is 5.93. The number of nitrogens with two attached hydrogens (primary N) is 1. The molecule has 0 radical (unpaired) electrons. The summed E-state index contributed by atoms with van der Waals surface area (Å²) in [7, 11) is 4.55. The molecule has 10 N–H and O–H groups in total. The van der Waals surface area contributed by atoms with Gasteiger partial charge in [0.15, 0.2) is 0 Å². The molecule has 0 aliphatic rings. The number of aliphatic carboxylic acids is 7. The molecule has 1 rings (SSSR count). The number of rotatable bonds is 28. The Morgan fingerprint density at radius 3 is 1.30 bits per heavy atom. The van der Waals surface area contributed by atoms with Crippen LogP contribution in [0, 0.1) is 5.92 Å². The molecule has 0 aliphatic carbocycles. The summed E-state index contributed by atoms with van der Waals surface area (Å²) in [6, 6.07) is 8.46. The molecule has 0 fully saturated rings. The molecule has 77 heavy (non-hydrogen) atoms. The minimum absolute atomic E-state index is 0. The maximum Gasteiger partial charge on any atom is 0.410 e. The van der Waals surface area contributed by atoms with Crippen molar-refractivity contribution in [3.05, 3.63) is 86.5 Å². The van der Waals surface area contributed by atoms with E-state index in [2.05, 4.69) is 41.1 Å². The van der Waals surface area contributed by atoms with Gasteiger partial charge in [-0.3, -0.25) is 38.4 Å². The molecule has 0 aliphatic heterocycles. The second kappa shape index (κ2) is 62.7. The van der Waals surface area contributed by atoms with E-state index in [-0.39, 0.29) is 77.9 Å². The number of likely N-dealkylation sites (N-methyl/N-ethyl adjacent to an activating group) is 1. The van der Waals surface area contributed by atoms with Gasteiger partial charge in [-0.2, -0.15) is 13.5 Å². The molecule has 0 unspecified atom stereocenters. The first-order chi connectivity index (χ1) is 35.5. The number of ketones is 1. The number of carboxylic acids is 7. The first-order valence-electron chi connectivity index (χ1n) is 23.4. The second-order valence-electron chi connectivity index (χ2n) is 14.9. The fourth-order valence-electron chi connectivity index (χ4n) is 3.87. The highest BCUT2D eigenvalue weighted by molar-refractivity contribution is 7.59. The van der Waals surface area contributed by atoms with Crippen molar-refractivity contribution in [2.75, 3.05) is 54.0 Å². The van der Waals surface area contributed by atoms with Gasteiger partial charge in [0.05, 0.1) is 25.2 Å². The van der Waals surface area contributed by atoms with Gasteiger partial charge in [0.2, 0.25) is 0 Å². The van der Waals surface area contributed by atoms with Gasteiger partial charge in [-0.25, -0.2) is 9.59 Å². The normalized spacial score (nSPS) is 9.61. The van der Waals surface area contributed by atoms with Crippen LogP contribution in [0.25, 0.3) is 0 Å². The maximum atomic E-state index is 11.5. The molecule has 0 heterocycles. The number of carbonyl (C=O) groups excluding carboxylic acids is 4. The lowest BCUT2D eigenvalue weighted by molar-refractivity contribution is -0.152. The number of allylic oxidation sites excluding steroid dienone is 1.